The molecule has 10 heteroatoms. The van der Waals surface area contributed by atoms with Crippen molar-refractivity contribution in [2.45, 2.75) is 13.5 Å². The molecule has 0 radical (unpaired) electrons. The molecule has 0 spiro atoms. The minimum absolute atomic E-state index is 0.0928. The normalized spacial score (nSPS) is 16.2. The van der Waals surface area contributed by atoms with E-state index in [0.29, 0.717) is 37.2 Å². The summed E-state index contributed by atoms with van der Waals surface area (Å²) in [6.07, 6.45) is 1.47. The van der Waals surface area contributed by atoms with Crippen molar-refractivity contribution in [3.63, 3.8) is 0 Å². The van der Waals surface area contributed by atoms with Gasteiger partial charge < -0.3 is 19.5 Å². The summed E-state index contributed by atoms with van der Waals surface area (Å²) in [5.41, 5.74) is 0. The maximum absolute atomic E-state index is 11.1. The zero-order valence-corrected chi connectivity index (χ0v) is 12.5. The monoisotopic (exact) mass is 307 g/mol. The van der Waals surface area contributed by atoms with Gasteiger partial charge in [-0.2, -0.15) is 4.98 Å². The molecule has 22 heavy (non-hydrogen) atoms. The molecule has 0 bridgehead atoms. The molecule has 2 aromatic heterocycles. The lowest BCUT2D eigenvalue weighted by Gasteiger charge is -2.34. The van der Waals surface area contributed by atoms with E-state index < -0.39 is 4.92 Å². The van der Waals surface area contributed by atoms with Crippen LogP contribution >= 0.6 is 0 Å². The largest absolute Gasteiger partial charge is 0.406 e. The molecule has 0 aliphatic carbocycles. The molecule has 0 saturated carbocycles. The zero-order valence-electron chi connectivity index (χ0n) is 12.5. The second kappa shape index (κ2) is 5.72. The molecular formula is C12H17N7O3. The SMILES string of the molecule is Cc1nc(CN2CCN(c3c([N+](=O)[O-])ncn3C)CC2)no1. The van der Waals surface area contributed by atoms with Crippen molar-refractivity contribution in [3.05, 3.63) is 28.2 Å². The first kappa shape index (κ1) is 14.4. The van der Waals surface area contributed by atoms with Crippen LogP contribution in [0.15, 0.2) is 10.9 Å². The van der Waals surface area contributed by atoms with Crippen LogP contribution in [0, 0.1) is 17.0 Å². The number of hydrogen-bond acceptors (Lipinski definition) is 8. The molecule has 0 aromatic carbocycles. The maximum Gasteiger partial charge on any atom is 0.406 e. The smallest absolute Gasteiger partial charge is 0.358 e. The van der Waals surface area contributed by atoms with Crippen LogP contribution in [0.1, 0.15) is 11.7 Å². The number of rotatable bonds is 4. The number of hydrogen-bond donors (Lipinski definition) is 0. The number of piperazine rings is 1. The number of nitrogens with zero attached hydrogens (tertiary/aromatic N) is 7. The predicted octanol–water partition coefficient (Wildman–Crippen LogP) is 0.342. The number of imidazole rings is 1. The van der Waals surface area contributed by atoms with E-state index in [1.54, 1.807) is 18.5 Å². The minimum atomic E-state index is -0.441. The van der Waals surface area contributed by atoms with Gasteiger partial charge in [0.25, 0.3) is 0 Å². The molecule has 3 rings (SSSR count). The summed E-state index contributed by atoms with van der Waals surface area (Å²) in [5, 5.41) is 14.9. The standard InChI is InChI=1S/C12H17N7O3/c1-9-14-10(15-22-9)7-17-3-5-18(6-4-17)12-11(19(20)21)13-8-16(12)2/h8H,3-7H2,1-2H3. The van der Waals surface area contributed by atoms with Gasteiger partial charge in [-0.05, 0) is 9.91 Å². The second-order valence-corrected chi connectivity index (χ2v) is 5.25. The number of aryl methyl sites for hydroxylation is 2. The molecule has 1 saturated heterocycles. The van der Waals surface area contributed by atoms with Gasteiger partial charge >= 0.3 is 5.82 Å². The summed E-state index contributed by atoms with van der Waals surface area (Å²) in [6, 6.07) is 0. The van der Waals surface area contributed by atoms with Gasteiger partial charge in [0, 0.05) is 40.2 Å². The van der Waals surface area contributed by atoms with E-state index >= 15 is 0 Å². The van der Waals surface area contributed by atoms with E-state index in [4.69, 9.17) is 4.52 Å². The first-order chi connectivity index (χ1) is 10.5. The topological polar surface area (TPSA) is 106 Å². The Kier molecular flexibility index (Phi) is 3.75. The van der Waals surface area contributed by atoms with Gasteiger partial charge in [-0.15, -0.1) is 0 Å². The van der Waals surface area contributed by atoms with E-state index in [1.165, 1.54) is 6.33 Å². The molecule has 0 unspecified atom stereocenters. The maximum atomic E-state index is 11.1. The Morgan fingerprint density at radius 2 is 2.09 bits per heavy atom. The Hall–Kier alpha value is -2.49. The highest BCUT2D eigenvalue weighted by Gasteiger charge is 2.28. The first-order valence-corrected chi connectivity index (χ1v) is 6.97. The minimum Gasteiger partial charge on any atom is -0.358 e. The third-order valence-corrected chi connectivity index (χ3v) is 3.67. The fraction of sp³-hybridized carbons (Fsp3) is 0.583. The molecule has 0 amide bonds. The van der Waals surface area contributed by atoms with Crippen molar-refractivity contribution in [3.8, 4) is 0 Å². The molecule has 0 atom stereocenters. The summed E-state index contributed by atoms with van der Waals surface area (Å²) in [4.78, 5) is 22.8. The number of anilines is 1. The molecule has 1 aliphatic heterocycles. The lowest BCUT2D eigenvalue weighted by atomic mass is 10.3. The van der Waals surface area contributed by atoms with Crippen LogP contribution < -0.4 is 4.90 Å². The summed E-state index contributed by atoms with van der Waals surface area (Å²) in [7, 11) is 1.77. The van der Waals surface area contributed by atoms with E-state index in [2.05, 4.69) is 20.0 Å². The fourth-order valence-corrected chi connectivity index (χ4v) is 2.63. The lowest BCUT2D eigenvalue weighted by molar-refractivity contribution is -0.388. The molecule has 118 valence electrons. The summed E-state index contributed by atoms with van der Waals surface area (Å²) in [5.74, 6) is 1.68. The molecule has 0 N–H and O–H groups in total. The van der Waals surface area contributed by atoms with Gasteiger partial charge in [0.15, 0.2) is 5.82 Å². The van der Waals surface area contributed by atoms with Crippen molar-refractivity contribution >= 4 is 11.6 Å². The Bertz CT molecular complexity index is 672. The molecule has 1 fully saturated rings. The van der Waals surface area contributed by atoms with Crippen LogP contribution in [0.3, 0.4) is 0 Å². The molecule has 2 aromatic rings. The average Bonchev–Trinajstić information content (AvgIpc) is 3.06. The van der Waals surface area contributed by atoms with E-state index in [-0.39, 0.29) is 5.82 Å². The fourth-order valence-electron chi connectivity index (χ4n) is 2.63. The molecule has 10 nitrogen and oxygen atoms in total. The number of aromatic nitrogens is 4. The van der Waals surface area contributed by atoms with Crippen LogP contribution in [0.4, 0.5) is 11.6 Å². The van der Waals surface area contributed by atoms with Crippen molar-refractivity contribution in [1.29, 1.82) is 0 Å². The lowest BCUT2D eigenvalue weighted by Crippen LogP contribution is -2.46. The highest BCUT2D eigenvalue weighted by atomic mass is 16.6. The van der Waals surface area contributed by atoms with Crippen LogP contribution in [0.25, 0.3) is 0 Å². The van der Waals surface area contributed by atoms with Gasteiger partial charge in [-0.25, -0.2) is 0 Å². The van der Waals surface area contributed by atoms with Crippen molar-refractivity contribution in [2.24, 2.45) is 7.05 Å². The average molecular weight is 307 g/mol. The van der Waals surface area contributed by atoms with E-state index in [1.807, 2.05) is 4.90 Å². The van der Waals surface area contributed by atoms with Crippen molar-refractivity contribution in [2.75, 3.05) is 31.1 Å². The molecular weight excluding hydrogens is 290 g/mol. The van der Waals surface area contributed by atoms with E-state index in [9.17, 15) is 10.1 Å². The van der Waals surface area contributed by atoms with Gasteiger partial charge in [-0.3, -0.25) is 9.47 Å². The zero-order chi connectivity index (χ0) is 15.7. The third kappa shape index (κ3) is 2.77. The van der Waals surface area contributed by atoms with Crippen LogP contribution in [0.5, 0.6) is 0 Å². The Balaban J connectivity index is 1.64. The van der Waals surface area contributed by atoms with Crippen molar-refractivity contribution < 1.29 is 9.45 Å². The predicted molar refractivity (Wildman–Crippen MR) is 76.4 cm³/mol. The Morgan fingerprint density at radius 3 is 2.68 bits per heavy atom. The van der Waals surface area contributed by atoms with Crippen LogP contribution in [-0.4, -0.2) is 55.7 Å². The summed E-state index contributed by atoms with van der Waals surface area (Å²) in [6.45, 7) is 5.31. The molecule has 3 heterocycles. The second-order valence-electron chi connectivity index (χ2n) is 5.25. The number of nitro groups is 1. The Labute approximate surface area is 126 Å². The summed E-state index contributed by atoms with van der Waals surface area (Å²) >= 11 is 0. The van der Waals surface area contributed by atoms with Crippen LogP contribution in [-0.2, 0) is 13.6 Å². The van der Waals surface area contributed by atoms with Crippen LogP contribution in [0.2, 0.25) is 0 Å². The van der Waals surface area contributed by atoms with Crippen molar-refractivity contribution in [1.82, 2.24) is 24.6 Å². The summed E-state index contributed by atoms with van der Waals surface area (Å²) < 4.78 is 6.65. The van der Waals surface area contributed by atoms with Gasteiger partial charge in [0.05, 0.1) is 6.54 Å². The van der Waals surface area contributed by atoms with Gasteiger partial charge in [-0.1, -0.05) is 5.16 Å². The van der Waals surface area contributed by atoms with Gasteiger partial charge in [0.1, 0.15) is 0 Å². The molecule has 1 aliphatic rings. The Morgan fingerprint density at radius 1 is 1.36 bits per heavy atom. The third-order valence-electron chi connectivity index (χ3n) is 3.67. The highest BCUT2D eigenvalue weighted by Crippen LogP contribution is 2.26. The first-order valence-electron chi connectivity index (χ1n) is 6.97. The van der Waals surface area contributed by atoms with Gasteiger partial charge in [0.2, 0.25) is 18.0 Å². The van der Waals surface area contributed by atoms with E-state index in [0.717, 1.165) is 13.1 Å². The quantitative estimate of drug-likeness (QED) is 0.588. The highest BCUT2D eigenvalue weighted by molar-refractivity contribution is 5.54.